The van der Waals surface area contributed by atoms with Crippen LogP contribution in [0.4, 0.5) is 0 Å². The van der Waals surface area contributed by atoms with Crippen LogP contribution >= 0.6 is 0 Å². The number of nitrogens with one attached hydrogen (secondary N) is 2. The average Bonchev–Trinajstić information content (AvgIpc) is 2.62. The minimum Gasteiger partial charge on any atom is -0.481 e. The third-order valence-corrected chi connectivity index (χ3v) is 6.34. The first kappa shape index (κ1) is 20.7. The van der Waals surface area contributed by atoms with Crippen molar-refractivity contribution in [3.05, 3.63) is 24.3 Å². The van der Waals surface area contributed by atoms with Gasteiger partial charge in [0.05, 0.1) is 4.90 Å². The summed E-state index contributed by atoms with van der Waals surface area (Å²) in [6, 6.07) is 6.25. The summed E-state index contributed by atoms with van der Waals surface area (Å²) in [5, 5.41) is 3.03. The van der Waals surface area contributed by atoms with E-state index in [1.165, 1.54) is 18.6 Å². The summed E-state index contributed by atoms with van der Waals surface area (Å²) in [4.78, 5) is 12.4. The summed E-state index contributed by atoms with van der Waals surface area (Å²) in [7, 11) is -3.54. The SMILES string of the molecule is CC[C@H](C)NS(=O)(=O)c1ccc(O[C@H](C)C(=O)NC2CCCCC2)cc1. The van der Waals surface area contributed by atoms with E-state index in [1.54, 1.807) is 19.1 Å². The minimum absolute atomic E-state index is 0.126. The molecule has 0 spiro atoms. The van der Waals surface area contributed by atoms with E-state index in [0.717, 1.165) is 25.7 Å². The Kier molecular flexibility index (Phi) is 7.46. The molecule has 0 unspecified atom stereocenters. The van der Waals surface area contributed by atoms with E-state index in [4.69, 9.17) is 4.74 Å². The van der Waals surface area contributed by atoms with Crippen LogP contribution in [0.1, 0.15) is 59.3 Å². The van der Waals surface area contributed by atoms with Crippen LogP contribution in [0, 0.1) is 0 Å². The van der Waals surface area contributed by atoms with Gasteiger partial charge in [-0.15, -0.1) is 0 Å². The molecule has 2 atom stereocenters. The Morgan fingerprint density at radius 2 is 1.77 bits per heavy atom. The molecule has 0 saturated heterocycles. The van der Waals surface area contributed by atoms with Gasteiger partial charge in [-0.3, -0.25) is 4.79 Å². The van der Waals surface area contributed by atoms with Gasteiger partial charge in [-0.25, -0.2) is 13.1 Å². The predicted molar refractivity (Wildman–Crippen MR) is 102 cm³/mol. The van der Waals surface area contributed by atoms with Crippen molar-refractivity contribution in [1.82, 2.24) is 10.0 Å². The van der Waals surface area contributed by atoms with E-state index in [2.05, 4.69) is 10.0 Å². The zero-order valence-corrected chi connectivity index (χ0v) is 16.6. The van der Waals surface area contributed by atoms with Gasteiger partial charge >= 0.3 is 0 Å². The minimum atomic E-state index is -3.54. The van der Waals surface area contributed by atoms with Gasteiger partial charge in [0.1, 0.15) is 5.75 Å². The van der Waals surface area contributed by atoms with Crippen LogP contribution < -0.4 is 14.8 Å². The smallest absolute Gasteiger partial charge is 0.260 e. The largest absolute Gasteiger partial charge is 0.481 e. The zero-order valence-electron chi connectivity index (χ0n) is 15.8. The van der Waals surface area contributed by atoms with Gasteiger partial charge in [0, 0.05) is 12.1 Å². The second-order valence-corrected chi connectivity index (χ2v) is 8.72. The van der Waals surface area contributed by atoms with Crippen LogP contribution in [0.5, 0.6) is 5.75 Å². The second-order valence-electron chi connectivity index (χ2n) is 7.01. The highest BCUT2D eigenvalue weighted by molar-refractivity contribution is 7.89. The van der Waals surface area contributed by atoms with Crippen LogP contribution in [0.3, 0.4) is 0 Å². The molecule has 0 bridgehead atoms. The van der Waals surface area contributed by atoms with Crippen molar-refractivity contribution in [3.63, 3.8) is 0 Å². The lowest BCUT2D eigenvalue weighted by Crippen LogP contribution is -2.43. The molecule has 1 amide bonds. The van der Waals surface area contributed by atoms with Crippen molar-refractivity contribution in [2.24, 2.45) is 0 Å². The Hall–Kier alpha value is -1.60. The van der Waals surface area contributed by atoms with Crippen molar-refractivity contribution in [3.8, 4) is 5.75 Å². The lowest BCUT2D eigenvalue weighted by molar-refractivity contribution is -0.128. The van der Waals surface area contributed by atoms with Gasteiger partial charge in [-0.2, -0.15) is 0 Å². The van der Waals surface area contributed by atoms with Gasteiger partial charge in [0.25, 0.3) is 5.91 Å². The molecule has 2 rings (SSSR count). The maximum absolute atomic E-state index is 12.3. The van der Waals surface area contributed by atoms with Gasteiger partial charge in [0.2, 0.25) is 10.0 Å². The molecule has 0 aliphatic heterocycles. The monoisotopic (exact) mass is 382 g/mol. The fraction of sp³-hybridized carbons (Fsp3) is 0.632. The summed E-state index contributed by atoms with van der Waals surface area (Å²) < 4.78 is 32.8. The number of sulfonamides is 1. The van der Waals surface area contributed by atoms with E-state index >= 15 is 0 Å². The fourth-order valence-corrected chi connectivity index (χ4v) is 4.26. The zero-order chi connectivity index (χ0) is 19.2. The number of rotatable bonds is 8. The van der Waals surface area contributed by atoms with Gasteiger partial charge in [-0.05, 0) is 57.4 Å². The lowest BCUT2D eigenvalue weighted by Gasteiger charge is -2.24. The summed E-state index contributed by atoms with van der Waals surface area (Å²) in [6.45, 7) is 5.44. The number of hydrogen-bond acceptors (Lipinski definition) is 4. The number of ether oxygens (including phenoxy) is 1. The molecule has 7 heteroatoms. The standard InChI is InChI=1S/C19H30N2O4S/c1-4-14(2)21-26(23,24)18-12-10-17(11-13-18)25-15(3)19(22)20-16-8-6-5-7-9-16/h10-16,21H,4-9H2,1-3H3,(H,20,22)/t14-,15+/m0/s1. The molecular formula is C19H30N2O4S. The van der Waals surface area contributed by atoms with Crippen molar-refractivity contribution < 1.29 is 17.9 Å². The molecule has 26 heavy (non-hydrogen) atoms. The lowest BCUT2D eigenvalue weighted by atomic mass is 9.95. The third kappa shape index (κ3) is 5.99. The third-order valence-electron chi connectivity index (χ3n) is 4.74. The highest BCUT2D eigenvalue weighted by atomic mass is 32.2. The molecule has 6 nitrogen and oxygen atoms in total. The maximum Gasteiger partial charge on any atom is 0.260 e. The molecule has 1 aromatic carbocycles. The first-order valence-corrected chi connectivity index (χ1v) is 10.9. The first-order chi connectivity index (χ1) is 12.3. The molecule has 1 aliphatic rings. The van der Waals surface area contributed by atoms with Gasteiger partial charge in [0.15, 0.2) is 6.10 Å². The quantitative estimate of drug-likeness (QED) is 0.724. The van der Waals surface area contributed by atoms with Crippen LogP contribution in [-0.4, -0.2) is 32.5 Å². The van der Waals surface area contributed by atoms with Crippen LogP contribution in [0.2, 0.25) is 0 Å². The fourth-order valence-electron chi connectivity index (χ4n) is 2.94. The second kappa shape index (κ2) is 9.37. The molecular weight excluding hydrogens is 352 g/mol. The summed E-state index contributed by atoms with van der Waals surface area (Å²) >= 11 is 0. The number of carbonyl (C=O) groups is 1. The Morgan fingerprint density at radius 3 is 2.35 bits per heavy atom. The summed E-state index contributed by atoms with van der Waals surface area (Å²) in [6.07, 6.45) is 5.68. The average molecular weight is 383 g/mol. The van der Waals surface area contributed by atoms with Crippen molar-refractivity contribution >= 4 is 15.9 Å². The van der Waals surface area contributed by atoms with Gasteiger partial charge < -0.3 is 10.1 Å². The Morgan fingerprint density at radius 1 is 1.15 bits per heavy atom. The van der Waals surface area contributed by atoms with E-state index in [9.17, 15) is 13.2 Å². The topological polar surface area (TPSA) is 84.5 Å². The first-order valence-electron chi connectivity index (χ1n) is 9.41. The van der Waals surface area contributed by atoms with E-state index in [1.807, 2.05) is 13.8 Å². The molecule has 0 radical (unpaired) electrons. The predicted octanol–water partition coefficient (Wildman–Crippen LogP) is 2.98. The van der Waals surface area contributed by atoms with Crippen LogP contribution in [-0.2, 0) is 14.8 Å². The van der Waals surface area contributed by atoms with Crippen molar-refractivity contribution in [1.29, 1.82) is 0 Å². The van der Waals surface area contributed by atoms with Crippen LogP contribution in [0.15, 0.2) is 29.2 Å². The molecule has 1 saturated carbocycles. The molecule has 1 aliphatic carbocycles. The van der Waals surface area contributed by atoms with E-state index < -0.39 is 16.1 Å². The Balaban J connectivity index is 1.92. The van der Waals surface area contributed by atoms with E-state index in [-0.39, 0.29) is 22.9 Å². The highest BCUT2D eigenvalue weighted by Crippen LogP contribution is 2.19. The summed E-state index contributed by atoms with van der Waals surface area (Å²) in [5.41, 5.74) is 0. The maximum atomic E-state index is 12.3. The molecule has 146 valence electrons. The molecule has 2 N–H and O–H groups in total. The summed E-state index contributed by atoms with van der Waals surface area (Å²) in [5.74, 6) is 0.339. The van der Waals surface area contributed by atoms with Crippen molar-refractivity contribution in [2.75, 3.05) is 0 Å². The normalized spacial score (nSPS) is 18.1. The molecule has 1 fully saturated rings. The Labute approximate surface area is 156 Å². The molecule has 0 heterocycles. The number of hydrogen-bond donors (Lipinski definition) is 2. The molecule has 0 aromatic heterocycles. The highest BCUT2D eigenvalue weighted by Gasteiger charge is 2.21. The Bertz CT molecular complexity index is 682. The van der Waals surface area contributed by atoms with Crippen LogP contribution in [0.25, 0.3) is 0 Å². The van der Waals surface area contributed by atoms with Gasteiger partial charge in [-0.1, -0.05) is 26.2 Å². The number of benzene rings is 1. The van der Waals surface area contributed by atoms with E-state index in [0.29, 0.717) is 12.2 Å². The molecule has 1 aromatic rings. The van der Waals surface area contributed by atoms with Crippen molar-refractivity contribution in [2.45, 2.75) is 82.4 Å². The number of amides is 1. The number of carbonyl (C=O) groups excluding carboxylic acids is 1.